The van der Waals surface area contributed by atoms with Crippen molar-refractivity contribution in [3.63, 3.8) is 0 Å². The highest BCUT2D eigenvalue weighted by Crippen LogP contribution is 2.31. The maximum atomic E-state index is 12.3. The first kappa shape index (κ1) is 23.4. The number of nitrogens with zero attached hydrogens (tertiary/aromatic N) is 2. The molecule has 1 heterocycles. The molecule has 9 nitrogen and oxygen atoms in total. The number of nitro groups is 1. The second-order valence-corrected chi connectivity index (χ2v) is 8.67. The molecule has 3 rings (SSSR count). The molecule has 0 aromatic heterocycles. The zero-order chi connectivity index (χ0) is 22.7. The van der Waals surface area contributed by atoms with Crippen molar-refractivity contribution in [3.8, 4) is 5.75 Å². The van der Waals surface area contributed by atoms with Crippen molar-refractivity contribution in [3.05, 3.63) is 69.4 Å². The predicted octanol–water partition coefficient (Wildman–Crippen LogP) is 4.35. The molecule has 2 aromatic carbocycles. The van der Waals surface area contributed by atoms with E-state index < -0.39 is 16.9 Å². The smallest absolute Gasteiger partial charge is 0.363 e. The first-order valence-corrected chi connectivity index (χ1v) is 10.9. The summed E-state index contributed by atoms with van der Waals surface area (Å²) in [6.07, 6.45) is 1.52. The number of carbonyl (C=O) groups is 2. The van der Waals surface area contributed by atoms with Gasteiger partial charge in [0.25, 0.3) is 5.69 Å². The van der Waals surface area contributed by atoms with E-state index >= 15 is 0 Å². The van der Waals surface area contributed by atoms with E-state index in [0.717, 1.165) is 0 Å². The molecule has 2 aromatic rings. The van der Waals surface area contributed by atoms with Gasteiger partial charge < -0.3 is 14.2 Å². The Hall–Kier alpha value is -2.26. The number of methoxy groups -OCH3 is 1. The van der Waals surface area contributed by atoms with Crippen molar-refractivity contribution in [1.82, 2.24) is 0 Å². The molecule has 0 radical (unpaired) electrons. The molecule has 0 N–H and O–H groups in total. The third-order valence-corrected chi connectivity index (χ3v) is 5.82. The van der Waals surface area contributed by atoms with Crippen LogP contribution in [0.4, 0.5) is 5.69 Å². The van der Waals surface area contributed by atoms with Crippen LogP contribution in [0.3, 0.4) is 0 Å². The Labute approximate surface area is 207 Å². The van der Waals surface area contributed by atoms with E-state index in [4.69, 9.17) is 21.1 Å². The summed E-state index contributed by atoms with van der Waals surface area (Å²) in [5.74, 6) is -0.738. The summed E-state index contributed by atoms with van der Waals surface area (Å²) in [7, 11) is 1.27. The fourth-order valence-corrected chi connectivity index (χ4v) is 4.78. The van der Waals surface area contributed by atoms with Gasteiger partial charge in [-0.15, -0.1) is 0 Å². The lowest BCUT2D eigenvalue weighted by Crippen LogP contribution is -2.13. The van der Waals surface area contributed by atoms with Crippen molar-refractivity contribution in [2.24, 2.45) is 4.99 Å². The highest BCUT2D eigenvalue weighted by atomic mass is 127. The van der Waals surface area contributed by atoms with E-state index in [2.05, 4.69) is 9.73 Å². The molecule has 1 aliphatic heterocycles. The predicted molar refractivity (Wildman–Crippen MR) is 128 cm³/mol. The first-order chi connectivity index (χ1) is 14.7. The molecule has 12 heteroatoms. The number of carbonyl (C=O) groups excluding carboxylic acids is 2. The number of aliphatic imine (C=N–C) groups is 1. The molecule has 31 heavy (non-hydrogen) atoms. The van der Waals surface area contributed by atoms with Crippen LogP contribution in [0.15, 0.2) is 41.0 Å². The fraction of sp³-hybridized carbons (Fsp3) is 0.105. The third-order valence-electron chi connectivity index (χ3n) is 3.90. The largest absolute Gasteiger partial charge is 0.480 e. The number of rotatable bonds is 6. The number of cyclic esters (lactones) is 1. The maximum absolute atomic E-state index is 12.3. The minimum Gasteiger partial charge on any atom is -0.480 e. The van der Waals surface area contributed by atoms with E-state index in [-0.39, 0.29) is 34.5 Å². The Balaban J connectivity index is 1.89. The molecule has 0 unspecified atom stereocenters. The van der Waals surface area contributed by atoms with Crippen LogP contribution in [0, 0.1) is 17.3 Å². The summed E-state index contributed by atoms with van der Waals surface area (Å²) in [4.78, 5) is 38.1. The number of hydrogen-bond acceptors (Lipinski definition) is 8. The monoisotopic (exact) mass is 668 g/mol. The number of nitro benzene ring substituents is 1. The molecule has 1 aliphatic rings. The Bertz CT molecular complexity index is 1140. The maximum Gasteiger partial charge on any atom is 0.363 e. The number of hydrogen-bond donors (Lipinski definition) is 0. The van der Waals surface area contributed by atoms with Crippen molar-refractivity contribution < 1.29 is 28.7 Å². The minimum atomic E-state index is -0.691. The van der Waals surface area contributed by atoms with Gasteiger partial charge in [0.05, 0.1) is 19.2 Å². The Morgan fingerprint density at radius 2 is 1.97 bits per heavy atom. The van der Waals surface area contributed by atoms with Gasteiger partial charge in [-0.1, -0.05) is 11.6 Å². The van der Waals surface area contributed by atoms with Crippen LogP contribution in [0.25, 0.3) is 6.08 Å². The quantitative estimate of drug-likeness (QED) is 0.148. The lowest BCUT2D eigenvalue weighted by molar-refractivity contribution is -0.384. The average Bonchev–Trinajstić information content (AvgIpc) is 3.07. The molecule has 0 atom stereocenters. The summed E-state index contributed by atoms with van der Waals surface area (Å²) in [6, 6.07) is 7.50. The number of benzene rings is 2. The van der Waals surface area contributed by atoms with Gasteiger partial charge in [0, 0.05) is 11.6 Å². The SMILES string of the molecule is COC(=O)COc1c(I)cc(/C=C2\N=C(c3ccc(Cl)c([N+](=O)[O-])c3)OC2=O)cc1I. The van der Waals surface area contributed by atoms with Crippen LogP contribution < -0.4 is 4.74 Å². The summed E-state index contributed by atoms with van der Waals surface area (Å²) >= 11 is 9.91. The molecule has 0 fully saturated rings. The first-order valence-electron chi connectivity index (χ1n) is 8.35. The van der Waals surface area contributed by atoms with Crippen molar-refractivity contribution in [2.45, 2.75) is 0 Å². The Morgan fingerprint density at radius 3 is 2.58 bits per heavy atom. The van der Waals surface area contributed by atoms with Crippen molar-refractivity contribution >= 4 is 86.4 Å². The van der Waals surface area contributed by atoms with Crippen LogP contribution >= 0.6 is 56.8 Å². The van der Waals surface area contributed by atoms with Gasteiger partial charge in [0.2, 0.25) is 5.90 Å². The average molecular weight is 669 g/mol. The van der Waals surface area contributed by atoms with E-state index in [9.17, 15) is 19.7 Å². The van der Waals surface area contributed by atoms with Crippen LogP contribution in [0.1, 0.15) is 11.1 Å². The second-order valence-electron chi connectivity index (χ2n) is 5.94. The molecule has 0 saturated carbocycles. The van der Waals surface area contributed by atoms with Gasteiger partial charge in [0.15, 0.2) is 12.3 Å². The lowest BCUT2D eigenvalue weighted by atomic mass is 10.2. The Morgan fingerprint density at radius 1 is 1.29 bits per heavy atom. The van der Waals surface area contributed by atoms with Gasteiger partial charge in [-0.3, -0.25) is 10.1 Å². The van der Waals surface area contributed by atoms with Crippen molar-refractivity contribution in [2.75, 3.05) is 13.7 Å². The minimum absolute atomic E-state index is 0.0300. The van der Waals surface area contributed by atoms with Gasteiger partial charge in [-0.05, 0) is 81.1 Å². The molecule has 0 saturated heterocycles. The van der Waals surface area contributed by atoms with Crippen molar-refractivity contribution in [1.29, 1.82) is 0 Å². The molecule has 0 bridgehead atoms. The van der Waals surface area contributed by atoms with Crippen LogP contribution in [-0.2, 0) is 19.1 Å². The number of esters is 2. The van der Waals surface area contributed by atoms with Gasteiger partial charge in [-0.2, -0.15) is 0 Å². The summed E-state index contributed by atoms with van der Waals surface area (Å²) in [6.45, 7) is -0.226. The normalized spacial score (nSPS) is 14.3. The summed E-state index contributed by atoms with van der Waals surface area (Å²) < 4.78 is 16.6. The van der Waals surface area contributed by atoms with Gasteiger partial charge >= 0.3 is 11.9 Å². The lowest BCUT2D eigenvalue weighted by Gasteiger charge is -2.10. The molecule has 160 valence electrons. The molecule has 0 spiro atoms. The highest BCUT2D eigenvalue weighted by Gasteiger charge is 2.26. The molecule has 0 amide bonds. The van der Waals surface area contributed by atoms with Gasteiger partial charge in [0.1, 0.15) is 10.8 Å². The highest BCUT2D eigenvalue weighted by molar-refractivity contribution is 14.1. The van der Waals surface area contributed by atoms with E-state index in [1.807, 2.05) is 45.2 Å². The van der Waals surface area contributed by atoms with Crippen LogP contribution in [-0.4, -0.2) is 36.5 Å². The molecular weight excluding hydrogens is 657 g/mol. The number of halogens is 3. The fourth-order valence-electron chi connectivity index (χ4n) is 2.47. The second kappa shape index (κ2) is 9.91. The van der Waals surface area contributed by atoms with E-state index in [1.165, 1.54) is 31.4 Å². The Kier molecular flexibility index (Phi) is 7.48. The van der Waals surface area contributed by atoms with E-state index in [0.29, 0.717) is 18.5 Å². The topological polar surface area (TPSA) is 117 Å². The third kappa shape index (κ3) is 5.51. The van der Waals surface area contributed by atoms with Gasteiger partial charge in [-0.25, -0.2) is 14.6 Å². The molecule has 0 aliphatic carbocycles. The molecular formula is C19H11ClI2N2O7. The van der Waals surface area contributed by atoms with Crippen LogP contribution in [0.2, 0.25) is 5.02 Å². The standard InChI is InChI=1S/C19H11ClI2N2O7/c1-29-16(25)8-30-17-12(21)4-9(5-13(17)22)6-14-19(26)31-18(23-14)10-2-3-11(20)15(7-10)24(27)28/h2-7H,8H2,1H3/b14-6-. The summed E-state index contributed by atoms with van der Waals surface area (Å²) in [5.41, 5.74) is 0.617. The number of ether oxygens (including phenoxy) is 3. The summed E-state index contributed by atoms with van der Waals surface area (Å²) in [5, 5.41) is 11.0. The zero-order valence-corrected chi connectivity index (χ0v) is 20.6. The van der Waals surface area contributed by atoms with Crippen LogP contribution in [0.5, 0.6) is 5.75 Å². The van der Waals surface area contributed by atoms with E-state index in [1.54, 1.807) is 12.1 Å². The zero-order valence-electron chi connectivity index (χ0n) is 15.6.